The van der Waals surface area contributed by atoms with E-state index in [0.717, 1.165) is 0 Å². The fraction of sp³-hybridized carbons (Fsp3) is 0.200. The Morgan fingerprint density at radius 2 is 2.19 bits per heavy atom. The molecule has 2 aliphatic rings. The number of nitrogens with zero attached hydrogens (tertiary/aromatic N) is 7. The molecule has 2 aromatic heterocycles. The van der Waals surface area contributed by atoms with E-state index in [1.807, 2.05) is 0 Å². The van der Waals surface area contributed by atoms with Gasteiger partial charge in [0.25, 0.3) is 0 Å². The van der Waals surface area contributed by atoms with Crippen LogP contribution in [0.3, 0.4) is 0 Å². The van der Waals surface area contributed by atoms with Gasteiger partial charge in [0.15, 0.2) is 21.5 Å². The number of halogens is 1. The molecule has 0 saturated heterocycles. The number of nitriles is 1. The van der Waals surface area contributed by atoms with Crippen molar-refractivity contribution < 1.29 is 13.3 Å². The largest absolute Gasteiger partial charge is 0.482 e. The highest BCUT2D eigenvalue weighted by Crippen LogP contribution is 2.39. The molecule has 0 radical (unpaired) electrons. The Labute approximate surface area is 183 Å². The minimum absolute atomic E-state index is 0.121. The van der Waals surface area contributed by atoms with Crippen LogP contribution in [-0.2, 0) is 22.7 Å². The number of nitrogens with two attached hydrogens (primary N) is 1. The molecule has 32 heavy (non-hydrogen) atoms. The third-order valence-corrected chi connectivity index (χ3v) is 7.23. The molecule has 5 rings (SSSR count). The van der Waals surface area contributed by atoms with Crippen LogP contribution in [0.5, 0.6) is 5.75 Å². The topological polar surface area (TPSA) is 135 Å². The van der Waals surface area contributed by atoms with E-state index in [-0.39, 0.29) is 23.0 Å². The number of fused-ring (bicyclic) bond motifs is 7. The summed E-state index contributed by atoms with van der Waals surface area (Å²) in [5.74, 6) is -0.189. The molecule has 162 valence electrons. The monoisotopic (exact) mass is 452 g/mol. The number of benzene rings is 1. The number of anilines is 2. The molecule has 3 aromatic rings. The van der Waals surface area contributed by atoms with Gasteiger partial charge < -0.3 is 10.5 Å². The number of hydrogen-bond donors (Lipinski definition) is 1. The standard InChI is InChI=1S/C20H17FN8O2S/c1-11-14-6-13(21)3-4-16(14)29-10-25-27-32(29,30)9-15-19(17(7-22)28(2)26-15)12-5-18(31-11)20(23)24-8-12/h3-6,8,10-11H,9H2,1-2H3,(H2,23,24)/t11-,32?/m1/s1. The second-order valence-corrected chi connectivity index (χ2v) is 9.42. The van der Waals surface area contributed by atoms with E-state index in [2.05, 4.69) is 25.7 Å². The summed E-state index contributed by atoms with van der Waals surface area (Å²) in [7, 11) is -1.55. The Balaban J connectivity index is 1.83. The van der Waals surface area contributed by atoms with Gasteiger partial charge in [0, 0.05) is 29.9 Å². The van der Waals surface area contributed by atoms with Gasteiger partial charge in [0.05, 0.1) is 17.1 Å². The van der Waals surface area contributed by atoms with E-state index in [9.17, 15) is 13.9 Å². The van der Waals surface area contributed by atoms with Crippen molar-refractivity contribution in [3.8, 4) is 22.9 Å². The molecule has 1 aromatic carbocycles. The molecule has 0 aliphatic carbocycles. The highest BCUT2D eigenvalue weighted by molar-refractivity contribution is 7.95. The van der Waals surface area contributed by atoms with E-state index >= 15 is 0 Å². The van der Waals surface area contributed by atoms with Gasteiger partial charge in [-0.1, -0.05) is 4.47 Å². The average Bonchev–Trinajstić information content (AvgIpc) is 3.27. The maximum Gasteiger partial charge on any atom is 0.166 e. The van der Waals surface area contributed by atoms with E-state index in [0.29, 0.717) is 28.1 Å². The third kappa shape index (κ3) is 2.97. The molecule has 0 spiro atoms. The molecule has 10 nitrogen and oxygen atoms in total. The van der Waals surface area contributed by atoms with Crippen molar-refractivity contribution in [3.63, 3.8) is 0 Å². The Hall–Kier alpha value is -3.98. The first kappa shape index (κ1) is 20.0. The van der Waals surface area contributed by atoms with E-state index < -0.39 is 21.8 Å². The van der Waals surface area contributed by atoms with Gasteiger partial charge in [-0.05, 0) is 31.2 Å². The Morgan fingerprint density at radius 1 is 1.38 bits per heavy atom. The summed E-state index contributed by atoms with van der Waals surface area (Å²) in [5.41, 5.74) is 8.53. The van der Waals surface area contributed by atoms with Crippen LogP contribution in [0.4, 0.5) is 15.9 Å². The van der Waals surface area contributed by atoms with Crippen molar-refractivity contribution in [1.29, 1.82) is 5.26 Å². The molecule has 1 unspecified atom stereocenters. The molecular formula is C20H17FN8O2S. The number of hydrogen-bond acceptors (Lipinski definition) is 8. The highest BCUT2D eigenvalue weighted by Gasteiger charge is 2.32. The SMILES string of the molecule is C[C@H]1Oc2cc(cnc2N)-c2c(nn(C)c2C#N)CS2(=O)=NN=CN2c2ccc(F)cc21. The molecule has 0 amide bonds. The quantitative estimate of drug-likeness (QED) is 0.557. The number of rotatable bonds is 0. The van der Waals surface area contributed by atoms with Crippen LogP contribution in [0.2, 0.25) is 0 Å². The second kappa shape index (κ2) is 7.03. The van der Waals surface area contributed by atoms with Crippen LogP contribution >= 0.6 is 0 Å². The van der Waals surface area contributed by atoms with Crippen molar-refractivity contribution in [1.82, 2.24) is 14.8 Å². The summed E-state index contributed by atoms with van der Waals surface area (Å²) >= 11 is 0. The van der Waals surface area contributed by atoms with Gasteiger partial charge in [-0.25, -0.2) is 17.9 Å². The predicted octanol–water partition coefficient (Wildman–Crippen LogP) is 2.87. The molecule has 4 heterocycles. The van der Waals surface area contributed by atoms with Gasteiger partial charge in [-0.2, -0.15) is 10.4 Å². The van der Waals surface area contributed by atoms with Crippen molar-refractivity contribution >= 4 is 27.8 Å². The van der Waals surface area contributed by atoms with Crippen LogP contribution in [0, 0.1) is 17.1 Å². The maximum atomic E-state index is 14.2. The van der Waals surface area contributed by atoms with Crippen LogP contribution < -0.4 is 14.8 Å². The summed E-state index contributed by atoms with van der Waals surface area (Å²) in [6.45, 7) is 1.72. The van der Waals surface area contributed by atoms with Crippen molar-refractivity contribution in [2.45, 2.75) is 18.8 Å². The first-order valence-corrected chi connectivity index (χ1v) is 11.2. The number of aryl methyl sites for hydroxylation is 1. The zero-order valence-electron chi connectivity index (χ0n) is 17.1. The molecular weight excluding hydrogens is 435 g/mol. The van der Waals surface area contributed by atoms with E-state index in [1.54, 1.807) is 20.0 Å². The van der Waals surface area contributed by atoms with Gasteiger partial charge >= 0.3 is 0 Å². The van der Waals surface area contributed by atoms with Gasteiger partial charge in [0.1, 0.15) is 30.0 Å². The lowest BCUT2D eigenvalue weighted by atomic mass is 10.0. The molecule has 2 atom stereocenters. The Morgan fingerprint density at radius 3 is 2.97 bits per heavy atom. The molecule has 0 fully saturated rings. The third-order valence-electron chi connectivity index (χ3n) is 5.33. The van der Waals surface area contributed by atoms with E-state index in [1.165, 1.54) is 39.7 Å². The van der Waals surface area contributed by atoms with Gasteiger partial charge in [-0.3, -0.25) is 4.68 Å². The lowest BCUT2D eigenvalue weighted by molar-refractivity contribution is 0.228. The Bertz CT molecular complexity index is 1460. The van der Waals surface area contributed by atoms with Crippen molar-refractivity contribution in [3.05, 3.63) is 53.2 Å². The summed E-state index contributed by atoms with van der Waals surface area (Å²) in [4.78, 5) is 4.21. The summed E-state index contributed by atoms with van der Waals surface area (Å²) < 4.78 is 41.0. The average molecular weight is 452 g/mol. The number of pyridine rings is 1. The normalized spacial score (nSPS) is 21.2. The molecule has 12 heteroatoms. The predicted molar refractivity (Wildman–Crippen MR) is 116 cm³/mol. The first-order valence-electron chi connectivity index (χ1n) is 9.55. The lowest BCUT2D eigenvalue weighted by Gasteiger charge is -2.26. The van der Waals surface area contributed by atoms with Crippen LogP contribution in [0.1, 0.15) is 30.0 Å². The summed E-state index contributed by atoms with van der Waals surface area (Å²) in [5, 5.41) is 18.0. The smallest absolute Gasteiger partial charge is 0.166 e. The van der Waals surface area contributed by atoms with Gasteiger partial charge in [-0.15, -0.1) is 5.10 Å². The number of aromatic nitrogens is 3. The lowest BCUT2D eigenvalue weighted by Crippen LogP contribution is -2.29. The summed E-state index contributed by atoms with van der Waals surface area (Å²) in [6.07, 6.45) is 2.15. The fourth-order valence-corrected chi connectivity index (χ4v) is 5.54. The highest BCUT2D eigenvalue weighted by atomic mass is 32.2. The molecule has 2 aliphatic heterocycles. The number of ether oxygens (including phenoxy) is 1. The van der Waals surface area contributed by atoms with E-state index in [4.69, 9.17) is 10.5 Å². The Kier molecular flexibility index (Phi) is 4.38. The fourth-order valence-electron chi connectivity index (χ4n) is 3.85. The second-order valence-electron chi connectivity index (χ2n) is 7.37. The first-order chi connectivity index (χ1) is 15.3. The maximum absolute atomic E-state index is 14.2. The van der Waals surface area contributed by atoms with Crippen molar-refractivity contribution in [2.24, 2.45) is 16.6 Å². The van der Waals surface area contributed by atoms with Gasteiger partial charge in [0.2, 0.25) is 0 Å². The molecule has 2 bridgehead atoms. The van der Waals surface area contributed by atoms with Crippen LogP contribution in [-0.4, -0.2) is 25.3 Å². The zero-order chi connectivity index (χ0) is 22.6. The number of nitrogen functional groups attached to an aromatic ring is 1. The summed E-state index contributed by atoms with van der Waals surface area (Å²) in [6, 6.07) is 7.85. The minimum atomic E-state index is -3.17. The van der Waals surface area contributed by atoms with Crippen molar-refractivity contribution in [2.75, 3.05) is 10.0 Å². The van der Waals surface area contributed by atoms with Crippen LogP contribution in [0.25, 0.3) is 11.1 Å². The molecule has 2 N–H and O–H groups in total. The van der Waals surface area contributed by atoms with Crippen LogP contribution in [0.15, 0.2) is 40.0 Å². The minimum Gasteiger partial charge on any atom is -0.482 e. The molecule has 0 saturated carbocycles. The zero-order valence-corrected chi connectivity index (χ0v) is 17.9.